The van der Waals surface area contributed by atoms with Crippen molar-refractivity contribution >= 4 is 11.8 Å². The Labute approximate surface area is 115 Å². The van der Waals surface area contributed by atoms with Crippen molar-refractivity contribution < 1.29 is 9.59 Å². The summed E-state index contributed by atoms with van der Waals surface area (Å²) in [5.74, 6) is 0.245. The predicted octanol–water partition coefficient (Wildman–Crippen LogP) is 0.736. The Morgan fingerprint density at radius 1 is 1.21 bits per heavy atom. The van der Waals surface area contributed by atoms with Crippen LogP contribution < -0.4 is 11.1 Å². The third kappa shape index (κ3) is 4.49. The van der Waals surface area contributed by atoms with Gasteiger partial charge >= 0.3 is 0 Å². The lowest BCUT2D eigenvalue weighted by atomic mass is 9.79. The Bertz CT molecular complexity index is 303. The second-order valence-corrected chi connectivity index (χ2v) is 5.17. The van der Waals surface area contributed by atoms with E-state index in [1.165, 1.54) is 0 Å². The summed E-state index contributed by atoms with van der Waals surface area (Å²) in [5, 5.41) is 2.78. The van der Waals surface area contributed by atoms with Gasteiger partial charge in [-0.25, -0.2) is 0 Å². The molecule has 1 aliphatic carbocycles. The minimum absolute atomic E-state index is 0.00402. The fourth-order valence-corrected chi connectivity index (χ4v) is 2.82. The molecule has 0 radical (unpaired) electrons. The number of likely N-dealkylation sites (N-methyl/N-ethyl adjacent to an activating group) is 1. The molecule has 0 aromatic rings. The monoisotopic (exact) mass is 269 g/mol. The number of nitrogens with one attached hydrogen (secondary N) is 1. The van der Waals surface area contributed by atoms with Crippen molar-refractivity contribution in [3.05, 3.63) is 0 Å². The van der Waals surface area contributed by atoms with Gasteiger partial charge in [0.25, 0.3) is 0 Å². The lowest BCUT2D eigenvalue weighted by molar-refractivity contribution is -0.134. The van der Waals surface area contributed by atoms with Gasteiger partial charge in [0.2, 0.25) is 11.8 Å². The molecule has 1 aliphatic rings. The molecule has 0 bridgehead atoms. The molecular formula is C14H27N3O2. The molecule has 19 heavy (non-hydrogen) atoms. The summed E-state index contributed by atoms with van der Waals surface area (Å²) in [6.07, 6.45) is 4.16. The minimum Gasteiger partial charge on any atom is -0.347 e. The van der Waals surface area contributed by atoms with Gasteiger partial charge in [0.1, 0.15) is 0 Å². The number of nitrogens with two attached hydrogens (primary N) is 1. The van der Waals surface area contributed by atoms with Gasteiger partial charge in [-0.15, -0.1) is 0 Å². The van der Waals surface area contributed by atoms with E-state index in [1.807, 2.05) is 13.8 Å². The van der Waals surface area contributed by atoms with Crippen LogP contribution in [0.4, 0.5) is 0 Å². The molecule has 0 aromatic carbocycles. The van der Waals surface area contributed by atoms with E-state index in [0.29, 0.717) is 19.6 Å². The first-order valence-electron chi connectivity index (χ1n) is 7.39. The highest BCUT2D eigenvalue weighted by Gasteiger charge is 2.30. The van der Waals surface area contributed by atoms with Gasteiger partial charge in [0.15, 0.2) is 0 Å². The highest BCUT2D eigenvalue weighted by atomic mass is 16.2. The van der Waals surface area contributed by atoms with Crippen LogP contribution in [0.1, 0.15) is 39.5 Å². The summed E-state index contributed by atoms with van der Waals surface area (Å²) < 4.78 is 0. The highest BCUT2D eigenvalue weighted by molar-refractivity contribution is 5.86. The number of carbonyl (C=O) groups excluding carboxylic acids is 2. The third-order valence-electron chi connectivity index (χ3n) is 4.08. The molecule has 110 valence electrons. The summed E-state index contributed by atoms with van der Waals surface area (Å²) in [4.78, 5) is 25.7. The molecule has 0 aromatic heterocycles. The maximum atomic E-state index is 12.1. The normalized spacial score (nSPS) is 22.9. The fraction of sp³-hybridized carbons (Fsp3) is 0.857. The predicted molar refractivity (Wildman–Crippen MR) is 75.4 cm³/mol. The number of hydrogen-bond donors (Lipinski definition) is 2. The first-order chi connectivity index (χ1) is 9.13. The molecule has 5 heteroatoms. The molecule has 0 aliphatic heterocycles. The first-order valence-corrected chi connectivity index (χ1v) is 7.39. The van der Waals surface area contributed by atoms with Crippen molar-refractivity contribution in [3.8, 4) is 0 Å². The van der Waals surface area contributed by atoms with Crippen LogP contribution in [0.5, 0.6) is 0 Å². The van der Waals surface area contributed by atoms with Gasteiger partial charge in [-0.3, -0.25) is 9.59 Å². The summed E-state index contributed by atoms with van der Waals surface area (Å²) in [6.45, 7) is 5.90. The minimum atomic E-state index is -0.0153. The van der Waals surface area contributed by atoms with Crippen LogP contribution in [0.3, 0.4) is 0 Å². The molecule has 1 rings (SSSR count). The SMILES string of the molecule is CCN(CC)C(=O)CNC(=O)C1CCCCC1CN. The van der Waals surface area contributed by atoms with Crippen molar-refractivity contribution in [1.82, 2.24) is 10.2 Å². The smallest absolute Gasteiger partial charge is 0.241 e. The third-order valence-corrected chi connectivity index (χ3v) is 4.08. The molecule has 1 fully saturated rings. The number of rotatable bonds is 6. The summed E-state index contributed by atoms with van der Waals surface area (Å²) >= 11 is 0. The average molecular weight is 269 g/mol. The zero-order valence-corrected chi connectivity index (χ0v) is 12.2. The summed E-state index contributed by atoms with van der Waals surface area (Å²) in [5.41, 5.74) is 5.72. The van der Waals surface area contributed by atoms with Crippen LogP contribution in [0.15, 0.2) is 0 Å². The standard InChI is InChI=1S/C14H27N3O2/c1-3-17(4-2)13(18)10-16-14(19)12-8-6-5-7-11(12)9-15/h11-12H,3-10,15H2,1-2H3,(H,16,19). The molecule has 0 spiro atoms. The Morgan fingerprint density at radius 3 is 2.42 bits per heavy atom. The Kier molecular flexibility index (Phi) is 6.84. The van der Waals surface area contributed by atoms with E-state index < -0.39 is 0 Å². The van der Waals surface area contributed by atoms with Crippen molar-refractivity contribution in [2.24, 2.45) is 17.6 Å². The van der Waals surface area contributed by atoms with Crippen LogP contribution in [-0.2, 0) is 9.59 Å². The van der Waals surface area contributed by atoms with Gasteiger partial charge in [0.05, 0.1) is 6.54 Å². The fourth-order valence-electron chi connectivity index (χ4n) is 2.82. The Morgan fingerprint density at radius 2 is 1.84 bits per heavy atom. The molecule has 5 nitrogen and oxygen atoms in total. The number of carbonyl (C=O) groups is 2. The van der Waals surface area contributed by atoms with Crippen LogP contribution in [-0.4, -0.2) is 42.9 Å². The zero-order valence-electron chi connectivity index (χ0n) is 12.2. The van der Waals surface area contributed by atoms with Gasteiger partial charge in [-0.1, -0.05) is 12.8 Å². The number of amides is 2. The second kappa shape index (κ2) is 8.15. The number of nitrogens with zero attached hydrogens (tertiary/aromatic N) is 1. The van der Waals surface area contributed by atoms with Crippen LogP contribution in [0.25, 0.3) is 0 Å². The van der Waals surface area contributed by atoms with Crippen molar-refractivity contribution in [3.63, 3.8) is 0 Å². The Balaban J connectivity index is 2.43. The molecular weight excluding hydrogens is 242 g/mol. The van der Waals surface area contributed by atoms with E-state index >= 15 is 0 Å². The molecule has 0 heterocycles. The van der Waals surface area contributed by atoms with Crippen LogP contribution in [0.2, 0.25) is 0 Å². The van der Waals surface area contributed by atoms with E-state index in [0.717, 1.165) is 25.7 Å². The number of hydrogen-bond acceptors (Lipinski definition) is 3. The topological polar surface area (TPSA) is 75.4 Å². The quantitative estimate of drug-likeness (QED) is 0.746. The zero-order chi connectivity index (χ0) is 14.3. The molecule has 2 amide bonds. The van der Waals surface area contributed by atoms with Crippen molar-refractivity contribution in [1.29, 1.82) is 0 Å². The van der Waals surface area contributed by atoms with Gasteiger partial charge in [-0.05, 0) is 39.2 Å². The average Bonchev–Trinajstić information content (AvgIpc) is 2.45. The van der Waals surface area contributed by atoms with E-state index in [2.05, 4.69) is 5.32 Å². The van der Waals surface area contributed by atoms with Crippen LogP contribution in [0, 0.1) is 11.8 Å². The second-order valence-electron chi connectivity index (χ2n) is 5.17. The molecule has 2 atom stereocenters. The lowest BCUT2D eigenvalue weighted by Gasteiger charge is -2.29. The van der Waals surface area contributed by atoms with Crippen molar-refractivity contribution in [2.75, 3.05) is 26.2 Å². The summed E-state index contributed by atoms with van der Waals surface area (Å²) in [6, 6.07) is 0. The van der Waals surface area contributed by atoms with E-state index in [9.17, 15) is 9.59 Å². The molecule has 3 N–H and O–H groups in total. The molecule has 0 saturated heterocycles. The molecule has 2 unspecified atom stereocenters. The van der Waals surface area contributed by atoms with E-state index in [-0.39, 0.29) is 30.2 Å². The van der Waals surface area contributed by atoms with Gasteiger partial charge in [0, 0.05) is 19.0 Å². The van der Waals surface area contributed by atoms with Gasteiger partial charge < -0.3 is 16.0 Å². The first kappa shape index (κ1) is 16.0. The van der Waals surface area contributed by atoms with E-state index in [1.54, 1.807) is 4.90 Å². The highest BCUT2D eigenvalue weighted by Crippen LogP contribution is 2.29. The summed E-state index contributed by atoms with van der Waals surface area (Å²) in [7, 11) is 0. The van der Waals surface area contributed by atoms with Gasteiger partial charge in [-0.2, -0.15) is 0 Å². The maximum Gasteiger partial charge on any atom is 0.241 e. The lowest BCUT2D eigenvalue weighted by Crippen LogP contribution is -2.44. The van der Waals surface area contributed by atoms with Crippen molar-refractivity contribution in [2.45, 2.75) is 39.5 Å². The molecule has 1 saturated carbocycles. The van der Waals surface area contributed by atoms with Crippen LogP contribution >= 0.6 is 0 Å². The maximum absolute atomic E-state index is 12.1. The largest absolute Gasteiger partial charge is 0.347 e. The van der Waals surface area contributed by atoms with E-state index in [4.69, 9.17) is 5.73 Å². The Hall–Kier alpha value is -1.10.